The van der Waals surface area contributed by atoms with Crippen LogP contribution in [0.3, 0.4) is 0 Å². The smallest absolute Gasteiger partial charge is 0.261 e. The highest BCUT2D eigenvalue weighted by molar-refractivity contribution is 7.92. The Morgan fingerprint density at radius 1 is 1.00 bits per heavy atom. The number of para-hydroxylation sites is 1. The van der Waals surface area contributed by atoms with Gasteiger partial charge >= 0.3 is 0 Å². The lowest BCUT2D eigenvalue weighted by atomic mass is 10.2. The van der Waals surface area contributed by atoms with Crippen LogP contribution >= 0.6 is 11.6 Å². The lowest BCUT2D eigenvalue weighted by Crippen LogP contribution is -2.13. The largest absolute Gasteiger partial charge is 0.277 e. The number of sulfonamides is 1. The number of rotatable bonds is 3. The zero-order valence-electron chi connectivity index (χ0n) is 11.7. The Morgan fingerprint density at radius 3 is 2.45 bits per heavy atom. The normalized spacial score (nSPS) is 11.5. The van der Waals surface area contributed by atoms with E-state index in [0.29, 0.717) is 16.4 Å². The Balaban J connectivity index is 2.06. The number of hydrogen-bond donors (Lipinski definition) is 1. The number of pyridine rings is 1. The van der Waals surface area contributed by atoms with Crippen LogP contribution in [0.15, 0.2) is 59.5 Å². The van der Waals surface area contributed by atoms with Crippen LogP contribution in [0.1, 0.15) is 5.56 Å². The Bertz CT molecular complexity index is 938. The minimum absolute atomic E-state index is 0.206. The zero-order valence-corrected chi connectivity index (χ0v) is 13.3. The van der Waals surface area contributed by atoms with Crippen LogP contribution in [0.5, 0.6) is 0 Å². The molecule has 0 fully saturated rings. The van der Waals surface area contributed by atoms with Crippen LogP contribution in [0.4, 0.5) is 5.69 Å². The van der Waals surface area contributed by atoms with Gasteiger partial charge in [0.1, 0.15) is 5.15 Å². The second-order valence-corrected chi connectivity index (χ2v) is 7.00. The van der Waals surface area contributed by atoms with Crippen LogP contribution < -0.4 is 4.72 Å². The molecule has 3 rings (SSSR count). The van der Waals surface area contributed by atoms with Gasteiger partial charge in [-0.2, -0.15) is 0 Å². The summed E-state index contributed by atoms with van der Waals surface area (Å²) in [4.78, 5) is 4.41. The quantitative estimate of drug-likeness (QED) is 0.737. The summed E-state index contributed by atoms with van der Waals surface area (Å²) >= 11 is 5.91. The molecule has 1 N–H and O–H groups in total. The topological polar surface area (TPSA) is 59.1 Å². The van der Waals surface area contributed by atoms with Gasteiger partial charge in [0.25, 0.3) is 10.0 Å². The van der Waals surface area contributed by atoms with Gasteiger partial charge in [-0.25, -0.2) is 13.4 Å². The van der Waals surface area contributed by atoms with E-state index in [1.165, 1.54) is 0 Å². The van der Waals surface area contributed by atoms with Gasteiger partial charge in [0.2, 0.25) is 0 Å². The van der Waals surface area contributed by atoms with Crippen molar-refractivity contribution >= 4 is 38.2 Å². The monoisotopic (exact) mass is 332 g/mol. The summed E-state index contributed by atoms with van der Waals surface area (Å²) in [6.45, 7) is 1.90. The summed E-state index contributed by atoms with van der Waals surface area (Å²) in [5.41, 5.74) is 1.92. The number of fused-ring (bicyclic) bond motifs is 1. The maximum atomic E-state index is 12.5. The number of anilines is 1. The third kappa shape index (κ3) is 2.91. The Kier molecular flexibility index (Phi) is 3.76. The zero-order chi connectivity index (χ0) is 15.7. The van der Waals surface area contributed by atoms with E-state index in [4.69, 9.17) is 11.6 Å². The lowest BCUT2D eigenvalue weighted by Gasteiger charge is -2.10. The number of halogens is 1. The van der Waals surface area contributed by atoms with Crippen molar-refractivity contribution in [2.75, 3.05) is 4.72 Å². The van der Waals surface area contributed by atoms with Crippen molar-refractivity contribution < 1.29 is 8.42 Å². The Morgan fingerprint density at radius 2 is 1.73 bits per heavy atom. The first-order chi connectivity index (χ1) is 10.5. The van der Waals surface area contributed by atoms with Crippen molar-refractivity contribution in [2.24, 2.45) is 0 Å². The lowest BCUT2D eigenvalue weighted by molar-refractivity contribution is 0.601. The SMILES string of the molecule is Cc1ccc(S(=O)(=O)Nc2cccc3ccc(Cl)nc23)cc1. The molecule has 0 spiro atoms. The molecule has 0 aliphatic heterocycles. The first kappa shape index (κ1) is 14.8. The first-order valence-electron chi connectivity index (χ1n) is 6.60. The highest BCUT2D eigenvalue weighted by Gasteiger charge is 2.15. The van der Waals surface area contributed by atoms with Crippen molar-refractivity contribution in [3.8, 4) is 0 Å². The van der Waals surface area contributed by atoms with Gasteiger partial charge in [0, 0.05) is 5.39 Å². The van der Waals surface area contributed by atoms with E-state index >= 15 is 0 Å². The van der Waals surface area contributed by atoms with Gasteiger partial charge < -0.3 is 0 Å². The highest BCUT2D eigenvalue weighted by atomic mass is 35.5. The maximum Gasteiger partial charge on any atom is 0.261 e. The van der Waals surface area contributed by atoms with Gasteiger partial charge in [-0.15, -0.1) is 0 Å². The predicted molar refractivity (Wildman–Crippen MR) is 88.7 cm³/mol. The molecule has 6 heteroatoms. The van der Waals surface area contributed by atoms with E-state index in [-0.39, 0.29) is 4.90 Å². The standard InChI is InChI=1S/C16H13ClN2O2S/c1-11-5-8-13(9-6-11)22(20,21)19-14-4-2-3-12-7-10-15(17)18-16(12)14/h2-10,19H,1H3. The number of aryl methyl sites for hydroxylation is 1. The van der Waals surface area contributed by atoms with Crippen molar-refractivity contribution in [1.82, 2.24) is 4.98 Å². The molecule has 0 aliphatic rings. The molecular formula is C16H13ClN2O2S. The fourth-order valence-electron chi connectivity index (χ4n) is 2.13. The Hall–Kier alpha value is -2.11. The molecule has 1 aromatic heterocycles. The third-order valence-corrected chi connectivity index (χ3v) is 4.85. The average Bonchev–Trinajstić information content (AvgIpc) is 2.48. The van der Waals surface area contributed by atoms with Gasteiger partial charge in [0.15, 0.2) is 0 Å². The number of nitrogens with zero attached hydrogens (tertiary/aromatic N) is 1. The van der Waals surface area contributed by atoms with Gasteiger partial charge in [-0.3, -0.25) is 4.72 Å². The van der Waals surface area contributed by atoms with Crippen LogP contribution in [-0.2, 0) is 10.0 Å². The number of hydrogen-bond acceptors (Lipinski definition) is 3. The summed E-state index contributed by atoms with van der Waals surface area (Å²) in [6, 6.07) is 15.4. The molecule has 4 nitrogen and oxygen atoms in total. The molecule has 0 bridgehead atoms. The average molecular weight is 333 g/mol. The fourth-order valence-corrected chi connectivity index (χ4v) is 3.34. The minimum Gasteiger partial charge on any atom is -0.277 e. The maximum absolute atomic E-state index is 12.5. The van der Waals surface area contributed by atoms with Crippen molar-refractivity contribution in [3.05, 3.63) is 65.3 Å². The fraction of sp³-hybridized carbons (Fsp3) is 0.0625. The summed E-state index contributed by atoms with van der Waals surface area (Å²) in [7, 11) is -3.67. The molecule has 0 saturated heterocycles. The van der Waals surface area contributed by atoms with E-state index in [1.54, 1.807) is 48.5 Å². The minimum atomic E-state index is -3.67. The van der Waals surface area contributed by atoms with E-state index in [2.05, 4.69) is 9.71 Å². The van der Waals surface area contributed by atoms with E-state index in [9.17, 15) is 8.42 Å². The third-order valence-electron chi connectivity index (χ3n) is 3.26. The molecule has 0 radical (unpaired) electrons. The molecule has 0 atom stereocenters. The molecule has 0 amide bonds. The molecule has 112 valence electrons. The molecule has 22 heavy (non-hydrogen) atoms. The van der Waals surface area contributed by atoms with Crippen LogP contribution in [0.2, 0.25) is 5.15 Å². The second-order valence-electron chi connectivity index (χ2n) is 4.93. The number of nitrogens with one attached hydrogen (secondary N) is 1. The van der Waals surface area contributed by atoms with Crippen LogP contribution in [0, 0.1) is 6.92 Å². The summed E-state index contributed by atoms with van der Waals surface area (Å²) < 4.78 is 27.5. The second kappa shape index (κ2) is 5.59. The Labute approximate surface area is 133 Å². The van der Waals surface area contributed by atoms with E-state index < -0.39 is 10.0 Å². The number of aromatic nitrogens is 1. The molecule has 3 aromatic rings. The van der Waals surface area contributed by atoms with Gasteiger partial charge in [0.05, 0.1) is 16.1 Å². The number of benzene rings is 2. The van der Waals surface area contributed by atoms with Crippen molar-refractivity contribution in [2.45, 2.75) is 11.8 Å². The summed E-state index contributed by atoms with van der Waals surface area (Å²) in [6.07, 6.45) is 0. The molecule has 0 unspecified atom stereocenters. The van der Waals surface area contributed by atoms with Crippen molar-refractivity contribution in [3.63, 3.8) is 0 Å². The van der Waals surface area contributed by atoms with Gasteiger partial charge in [-0.1, -0.05) is 41.4 Å². The van der Waals surface area contributed by atoms with E-state index in [0.717, 1.165) is 10.9 Å². The highest BCUT2D eigenvalue weighted by Crippen LogP contribution is 2.25. The summed E-state index contributed by atoms with van der Waals surface area (Å²) in [5, 5.41) is 1.13. The predicted octanol–water partition coefficient (Wildman–Crippen LogP) is 4.00. The molecule has 0 aliphatic carbocycles. The first-order valence-corrected chi connectivity index (χ1v) is 8.46. The molecule has 1 heterocycles. The van der Waals surface area contributed by atoms with Gasteiger partial charge in [-0.05, 0) is 37.3 Å². The summed E-state index contributed by atoms with van der Waals surface area (Å²) in [5.74, 6) is 0. The molecular weight excluding hydrogens is 320 g/mol. The molecule has 0 saturated carbocycles. The van der Waals surface area contributed by atoms with Crippen LogP contribution in [0.25, 0.3) is 10.9 Å². The van der Waals surface area contributed by atoms with Crippen LogP contribution in [-0.4, -0.2) is 13.4 Å². The van der Waals surface area contributed by atoms with Crippen molar-refractivity contribution in [1.29, 1.82) is 0 Å². The molecule has 2 aromatic carbocycles. The van der Waals surface area contributed by atoms with E-state index in [1.807, 2.05) is 13.0 Å².